The van der Waals surface area contributed by atoms with Gasteiger partial charge in [0.1, 0.15) is 0 Å². The van der Waals surface area contributed by atoms with Crippen molar-refractivity contribution in [2.75, 3.05) is 13.1 Å². The van der Waals surface area contributed by atoms with Crippen LogP contribution in [0.15, 0.2) is 5.38 Å². The molecule has 0 bridgehead atoms. The summed E-state index contributed by atoms with van der Waals surface area (Å²) in [7, 11) is 0. The van der Waals surface area contributed by atoms with Crippen LogP contribution < -0.4 is 5.73 Å². The fourth-order valence-electron chi connectivity index (χ4n) is 3.75. The van der Waals surface area contributed by atoms with Crippen LogP contribution in [0.5, 0.6) is 0 Å². The molecule has 4 nitrogen and oxygen atoms in total. The number of carbonyl (C=O) groups excluding carboxylic acids is 1. The van der Waals surface area contributed by atoms with Gasteiger partial charge in [-0.25, -0.2) is 4.98 Å². The minimum Gasteiger partial charge on any atom is -0.340 e. The van der Waals surface area contributed by atoms with E-state index in [9.17, 15) is 4.79 Å². The normalized spacial score (nSPS) is 23.1. The monoisotopic (exact) mass is 393 g/mol. The van der Waals surface area contributed by atoms with Gasteiger partial charge < -0.3 is 10.6 Å². The molecule has 1 aliphatic carbocycles. The third-order valence-electron chi connectivity index (χ3n) is 5.16. The molecule has 7 heteroatoms. The first kappa shape index (κ1) is 21.7. The van der Waals surface area contributed by atoms with E-state index in [-0.39, 0.29) is 30.7 Å². The quantitative estimate of drug-likeness (QED) is 0.846. The predicted octanol–water partition coefficient (Wildman–Crippen LogP) is 3.92. The van der Waals surface area contributed by atoms with Gasteiger partial charge in [0.15, 0.2) is 0 Å². The summed E-state index contributed by atoms with van der Waals surface area (Å²) < 4.78 is 0. The number of hydrogen-bond donors (Lipinski definition) is 1. The number of nitrogens with zero attached hydrogens (tertiary/aromatic N) is 2. The SMILES string of the molecule is CCc1csc(C2CCCN(C(=O)C3(N)CCCCC3)C2)n1.Cl.Cl. The molecule has 138 valence electrons. The fraction of sp³-hybridized carbons (Fsp3) is 0.765. The molecule has 1 aliphatic heterocycles. The molecular weight excluding hydrogens is 365 g/mol. The molecule has 24 heavy (non-hydrogen) atoms. The van der Waals surface area contributed by atoms with Crippen LogP contribution in [0.25, 0.3) is 0 Å². The molecule has 3 rings (SSSR count). The Morgan fingerprint density at radius 2 is 2.04 bits per heavy atom. The Bertz CT molecular complexity index is 532. The summed E-state index contributed by atoms with van der Waals surface area (Å²) in [6, 6.07) is 0. The largest absolute Gasteiger partial charge is 0.340 e. The van der Waals surface area contributed by atoms with Gasteiger partial charge in [0.2, 0.25) is 5.91 Å². The summed E-state index contributed by atoms with van der Waals surface area (Å²) in [6.45, 7) is 3.80. The van der Waals surface area contributed by atoms with E-state index in [0.717, 1.165) is 58.0 Å². The lowest BCUT2D eigenvalue weighted by Crippen LogP contribution is -2.57. The molecule has 1 amide bonds. The van der Waals surface area contributed by atoms with Gasteiger partial charge in [0.05, 0.1) is 16.2 Å². The third kappa shape index (κ3) is 4.63. The summed E-state index contributed by atoms with van der Waals surface area (Å²) in [5.74, 6) is 0.583. The fourth-order valence-corrected chi connectivity index (χ4v) is 4.78. The molecule has 1 aromatic rings. The number of aryl methyl sites for hydroxylation is 1. The molecule has 2 N–H and O–H groups in total. The van der Waals surface area contributed by atoms with Gasteiger partial charge in [0, 0.05) is 24.4 Å². The van der Waals surface area contributed by atoms with Crippen molar-refractivity contribution in [3.8, 4) is 0 Å². The van der Waals surface area contributed by atoms with Crippen LogP contribution >= 0.6 is 36.2 Å². The lowest BCUT2D eigenvalue weighted by atomic mass is 9.81. The van der Waals surface area contributed by atoms with Crippen LogP contribution in [-0.2, 0) is 11.2 Å². The molecule has 0 aromatic carbocycles. The molecule has 1 saturated carbocycles. The number of halogens is 2. The second-order valence-electron chi connectivity index (χ2n) is 6.84. The molecule has 1 saturated heterocycles. The number of nitrogens with two attached hydrogens (primary N) is 1. The summed E-state index contributed by atoms with van der Waals surface area (Å²) >= 11 is 1.75. The van der Waals surface area contributed by atoms with E-state index in [1.165, 1.54) is 17.1 Å². The zero-order valence-electron chi connectivity index (χ0n) is 14.3. The highest BCUT2D eigenvalue weighted by atomic mass is 35.5. The minimum atomic E-state index is -0.600. The Hall–Kier alpha value is -0.360. The maximum atomic E-state index is 12.9. The summed E-state index contributed by atoms with van der Waals surface area (Å²) in [6.07, 6.45) is 8.28. The maximum Gasteiger partial charge on any atom is 0.242 e. The maximum absolute atomic E-state index is 12.9. The first-order valence-electron chi connectivity index (χ1n) is 8.65. The van der Waals surface area contributed by atoms with Gasteiger partial charge in [0.25, 0.3) is 0 Å². The Morgan fingerprint density at radius 3 is 2.67 bits per heavy atom. The smallest absolute Gasteiger partial charge is 0.242 e. The molecule has 2 aliphatic rings. The standard InChI is InChI=1S/C17H27N3OS.2ClH/c1-2-14-12-22-15(19-14)13-7-6-10-20(11-13)16(21)17(18)8-4-3-5-9-17;;/h12-13H,2-11,18H2,1H3;2*1H. The van der Waals surface area contributed by atoms with Crippen molar-refractivity contribution in [1.82, 2.24) is 9.88 Å². The lowest BCUT2D eigenvalue weighted by Gasteiger charge is -2.40. The number of thiazole rings is 1. The summed E-state index contributed by atoms with van der Waals surface area (Å²) in [4.78, 5) is 19.6. The van der Waals surface area contributed by atoms with E-state index in [2.05, 4.69) is 12.3 Å². The van der Waals surface area contributed by atoms with Gasteiger partial charge >= 0.3 is 0 Å². The Balaban J connectivity index is 0.00000144. The minimum absolute atomic E-state index is 0. The van der Waals surface area contributed by atoms with Crippen LogP contribution in [0.4, 0.5) is 0 Å². The number of piperidine rings is 1. The number of hydrogen-bond acceptors (Lipinski definition) is 4. The van der Waals surface area contributed by atoms with Crippen molar-refractivity contribution in [2.45, 2.75) is 69.7 Å². The van der Waals surface area contributed by atoms with Crippen molar-refractivity contribution < 1.29 is 4.79 Å². The van der Waals surface area contributed by atoms with Gasteiger partial charge in [-0.2, -0.15) is 0 Å². The molecule has 1 unspecified atom stereocenters. The number of aromatic nitrogens is 1. The molecular formula is C17H29Cl2N3OS. The van der Waals surface area contributed by atoms with Gasteiger partial charge in [-0.05, 0) is 32.1 Å². The Morgan fingerprint density at radius 1 is 1.33 bits per heavy atom. The molecule has 0 radical (unpaired) electrons. The Labute approximate surface area is 161 Å². The highest BCUT2D eigenvalue weighted by Gasteiger charge is 2.40. The van der Waals surface area contributed by atoms with Gasteiger partial charge in [-0.1, -0.05) is 26.2 Å². The van der Waals surface area contributed by atoms with Crippen LogP contribution in [-0.4, -0.2) is 34.4 Å². The zero-order chi connectivity index (χ0) is 15.6. The van der Waals surface area contributed by atoms with Crippen LogP contribution in [0.2, 0.25) is 0 Å². The first-order chi connectivity index (χ1) is 10.6. The van der Waals surface area contributed by atoms with Crippen molar-refractivity contribution >= 4 is 42.1 Å². The zero-order valence-corrected chi connectivity index (χ0v) is 16.8. The summed E-state index contributed by atoms with van der Waals surface area (Å²) in [5, 5.41) is 3.35. The molecule has 1 atom stereocenters. The van der Waals surface area contributed by atoms with Crippen LogP contribution in [0.3, 0.4) is 0 Å². The number of rotatable bonds is 3. The van der Waals surface area contributed by atoms with Crippen molar-refractivity contribution in [1.29, 1.82) is 0 Å². The second kappa shape index (κ2) is 9.37. The average molecular weight is 394 g/mol. The van der Waals surface area contributed by atoms with Gasteiger partial charge in [-0.15, -0.1) is 36.2 Å². The van der Waals surface area contributed by atoms with Crippen molar-refractivity contribution in [2.24, 2.45) is 5.73 Å². The number of amides is 1. The predicted molar refractivity (Wildman–Crippen MR) is 105 cm³/mol. The van der Waals surface area contributed by atoms with Crippen molar-refractivity contribution in [3.05, 3.63) is 16.1 Å². The van der Waals surface area contributed by atoms with Gasteiger partial charge in [-0.3, -0.25) is 4.79 Å². The molecule has 2 heterocycles. The Kier molecular flexibility index (Phi) is 8.46. The average Bonchev–Trinajstić information content (AvgIpc) is 3.04. The number of likely N-dealkylation sites (tertiary alicyclic amines) is 1. The first-order valence-corrected chi connectivity index (χ1v) is 9.53. The van der Waals surface area contributed by atoms with E-state index < -0.39 is 5.54 Å². The van der Waals surface area contributed by atoms with Crippen molar-refractivity contribution in [3.63, 3.8) is 0 Å². The topological polar surface area (TPSA) is 59.2 Å². The number of carbonyl (C=O) groups is 1. The van der Waals surface area contributed by atoms with Crippen LogP contribution in [0, 0.1) is 0 Å². The molecule has 2 fully saturated rings. The second-order valence-corrected chi connectivity index (χ2v) is 7.73. The van der Waals surface area contributed by atoms with E-state index in [0.29, 0.717) is 5.92 Å². The molecule has 1 aromatic heterocycles. The van der Waals surface area contributed by atoms with E-state index in [1.807, 2.05) is 4.90 Å². The van der Waals surface area contributed by atoms with E-state index in [1.54, 1.807) is 11.3 Å². The van der Waals surface area contributed by atoms with Crippen LogP contribution in [0.1, 0.15) is 68.5 Å². The van der Waals surface area contributed by atoms with E-state index >= 15 is 0 Å². The lowest BCUT2D eigenvalue weighted by molar-refractivity contribution is -0.139. The molecule has 0 spiro atoms. The van der Waals surface area contributed by atoms with E-state index in [4.69, 9.17) is 10.7 Å². The highest BCUT2D eigenvalue weighted by molar-refractivity contribution is 7.09. The third-order valence-corrected chi connectivity index (χ3v) is 6.22. The highest BCUT2D eigenvalue weighted by Crippen LogP contribution is 2.33. The summed E-state index contributed by atoms with van der Waals surface area (Å²) in [5.41, 5.74) is 7.01.